The maximum atomic E-state index is 11.2. The number of carbonyl (C=O) groups is 1. The number of hydrogen-bond donors (Lipinski definition) is 2. The Morgan fingerprint density at radius 2 is 2.07 bits per heavy atom. The molecule has 4 heteroatoms. The summed E-state index contributed by atoms with van der Waals surface area (Å²) < 4.78 is 0. The summed E-state index contributed by atoms with van der Waals surface area (Å²) in [7, 11) is 0. The number of β-amino-alcohol motifs (C(OH)–C–C–N with tert-alkyl or cyclic N) is 1. The molecule has 2 aliphatic rings. The Morgan fingerprint density at radius 3 is 2.53 bits per heavy atom. The zero-order valence-electron chi connectivity index (χ0n) is 9.09. The third-order valence-corrected chi connectivity index (χ3v) is 3.38. The van der Waals surface area contributed by atoms with Gasteiger partial charge in [-0.15, -0.1) is 0 Å². The maximum absolute atomic E-state index is 11.2. The van der Waals surface area contributed by atoms with Gasteiger partial charge < -0.3 is 10.2 Å². The van der Waals surface area contributed by atoms with Crippen molar-refractivity contribution in [3.63, 3.8) is 0 Å². The number of likely N-dealkylation sites (tertiary alicyclic amines) is 1. The Bertz CT molecular complexity index is 242. The van der Waals surface area contributed by atoms with Crippen molar-refractivity contribution in [2.75, 3.05) is 13.1 Å². The van der Waals surface area contributed by atoms with Crippen LogP contribution in [0.15, 0.2) is 0 Å². The lowest BCUT2D eigenvalue weighted by atomic mass is 9.95. The molecule has 0 radical (unpaired) electrons. The van der Waals surface area contributed by atoms with Crippen LogP contribution in [-0.2, 0) is 4.79 Å². The fraction of sp³-hybridized carbons (Fsp3) is 0.909. The number of aliphatic hydroxyl groups is 1. The lowest BCUT2D eigenvalue weighted by molar-refractivity contribution is -0.146. The molecule has 86 valence electrons. The summed E-state index contributed by atoms with van der Waals surface area (Å²) in [5.41, 5.74) is 0. The zero-order valence-corrected chi connectivity index (χ0v) is 9.09. The standard InChI is InChI=1S/C11H19NO3/c1-7-4-9(13)6-12(5-7)10(11(14)15)8-2-3-8/h7-10,13H,2-6H2,1H3,(H,14,15). The van der Waals surface area contributed by atoms with Gasteiger partial charge in [0.05, 0.1) is 6.10 Å². The maximum Gasteiger partial charge on any atom is 0.321 e. The predicted octanol–water partition coefficient (Wildman–Crippen LogP) is 0.552. The van der Waals surface area contributed by atoms with Crippen LogP contribution in [0.4, 0.5) is 0 Å². The van der Waals surface area contributed by atoms with E-state index in [0.717, 1.165) is 25.8 Å². The summed E-state index contributed by atoms with van der Waals surface area (Å²) in [6, 6.07) is -0.359. The molecule has 0 aromatic heterocycles. The number of nitrogens with zero attached hydrogens (tertiary/aromatic N) is 1. The van der Waals surface area contributed by atoms with E-state index in [1.54, 1.807) is 0 Å². The third-order valence-electron chi connectivity index (χ3n) is 3.38. The summed E-state index contributed by atoms with van der Waals surface area (Å²) in [5.74, 6) is -0.00634. The van der Waals surface area contributed by atoms with Gasteiger partial charge in [0, 0.05) is 13.1 Å². The molecular formula is C11H19NO3. The molecule has 0 aromatic carbocycles. The second-order valence-electron chi connectivity index (χ2n) is 5.07. The number of aliphatic hydroxyl groups excluding tert-OH is 1. The highest BCUT2D eigenvalue weighted by molar-refractivity contribution is 5.74. The quantitative estimate of drug-likeness (QED) is 0.719. The minimum absolute atomic E-state index is 0.319. The van der Waals surface area contributed by atoms with Crippen molar-refractivity contribution in [3.8, 4) is 0 Å². The Balaban J connectivity index is 2.02. The molecule has 0 spiro atoms. The molecule has 2 fully saturated rings. The first-order valence-corrected chi connectivity index (χ1v) is 5.73. The van der Waals surface area contributed by atoms with Crippen LogP contribution >= 0.6 is 0 Å². The van der Waals surface area contributed by atoms with Crippen molar-refractivity contribution in [1.29, 1.82) is 0 Å². The second kappa shape index (κ2) is 4.10. The van der Waals surface area contributed by atoms with Crippen molar-refractivity contribution in [2.45, 2.75) is 38.3 Å². The topological polar surface area (TPSA) is 60.8 Å². The van der Waals surface area contributed by atoms with Crippen molar-refractivity contribution < 1.29 is 15.0 Å². The highest BCUT2D eigenvalue weighted by Crippen LogP contribution is 2.37. The monoisotopic (exact) mass is 213 g/mol. The molecule has 1 heterocycles. The summed E-state index contributed by atoms with van der Waals surface area (Å²) in [6.07, 6.45) is 2.50. The smallest absolute Gasteiger partial charge is 0.321 e. The molecular weight excluding hydrogens is 194 g/mol. The predicted molar refractivity (Wildman–Crippen MR) is 55.5 cm³/mol. The molecule has 15 heavy (non-hydrogen) atoms. The summed E-state index contributed by atoms with van der Waals surface area (Å²) in [5, 5.41) is 18.8. The third kappa shape index (κ3) is 2.49. The molecule has 1 saturated carbocycles. The molecule has 0 bridgehead atoms. The zero-order chi connectivity index (χ0) is 11.0. The van der Waals surface area contributed by atoms with Gasteiger partial charge in [-0.1, -0.05) is 6.92 Å². The van der Waals surface area contributed by atoms with E-state index in [2.05, 4.69) is 6.92 Å². The van der Waals surface area contributed by atoms with Gasteiger partial charge in [0.25, 0.3) is 0 Å². The molecule has 0 aromatic rings. The van der Waals surface area contributed by atoms with Crippen molar-refractivity contribution in [1.82, 2.24) is 4.90 Å². The molecule has 4 nitrogen and oxygen atoms in total. The van der Waals surface area contributed by atoms with Crippen LogP contribution in [0.25, 0.3) is 0 Å². The van der Waals surface area contributed by atoms with Crippen molar-refractivity contribution in [2.24, 2.45) is 11.8 Å². The number of carboxylic acids is 1. The number of rotatable bonds is 3. The molecule has 2 N–H and O–H groups in total. The Hall–Kier alpha value is -0.610. The van der Waals surface area contributed by atoms with Crippen LogP contribution in [0.5, 0.6) is 0 Å². The van der Waals surface area contributed by atoms with Crippen molar-refractivity contribution in [3.05, 3.63) is 0 Å². The van der Waals surface area contributed by atoms with Crippen LogP contribution in [0.3, 0.4) is 0 Å². The van der Waals surface area contributed by atoms with Gasteiger partial charge in [0.15, 0.2) is 0 Å². The normalized spacial score (nSPS) is 35.1. The SMILES string of the molecule is CC1CC(O)CN(C(C(=O)O)C2CC2)C1. The number of aliphatic carboxylic acids is 1. The molecule has 1 saturated heterocycles. The largest absolute Gasteiger partial charge is 0.480 e. The van der Waals surface area contributed by atoms with E-state index in [1.165, 1.54) is 0 Å². The summed E-state index contributed by atoms with van der Waals surface area (Å²) in [6.45, 7) is 3.41. The van der Waals surface area contributed by atoms with Gasteiger partial charge in [0.2, 0.25) is 0 Å². The van der Waals surface area contributed by atoms with E-state index < -0.39 is 5.97 Å². The van der Waals surface area contributed by atoms with Crippen LogP contribution in [0, 0.1) is 11.8 Å². The minimum Gasteiger partial charge on any atom is -0.480 e. The Kier molecular flexibility index (Phi) is 2.98. The van der Waals surface area contributed by atoms with Crippen LogP contribution < -0.4 is 0 Å². The fourth-order valence-corrected chi connectivity index (χ4v) is 2.65. The van der Waals surface area contributed by atoms with E-state index in [1.807, 2.05) is 4.90 Å². The van der Waals surface area contributed by atoms with E-state index >= 15 is 0 Å². The minimum atomic E-state index is -0.723. The number of carboxylic acid groups (broad SMARTS) is 1. The molecule has 0 amide bonds. The number of hydrogen-bond acceptors (Lipinski definition) is 3. The average Bonchev–Trinajstić information content (AvgIpc) is 2.85. The van der Waals surface area contributed by atoms with Crippen LogP contribution in [0.1, 0.15) is 26.2 Å². The van der Waals surface area contributed by atoms with Crippen LogP contribution in [0.2, 0.25) is 0 Å². The summed E-state index contributed by atoms with van der Waals surface area (Å²) in [4.78, 5) is 13.1. The van der Waals surface area contributed by atoms with E-state index in [4.69, 9.17) is 0 Å². The molecule has 1 aliphatic heterocycles. The molecule has 3 atom stereocenters. The molecule has 3 unspecified atom stereocenters. The first-order valence-electron chi connectivity index (χ1n) is 5.73. The second-order valence-corrected chi connectivity index (χ2v) is 5.07. The molecule has 2 rings (SSSR count). The van der Waals surface area contributed by atoms with Crippen LogP contribution in [-0.4, -0.2) is 46.3 Å². The van der Waals surface area contributed by atoms with Crippen molar-refractivity contribution >= 4 is 5.97 Å². The lowest BCUT2D eigenvalue weighted by Crippen LogP contribution is -2.51. The number of piperidine rings is 1. The Morgan fingerprint density at radius 1 is 1.40 bits per heavy atom. The Labute approximate surface area is 89.9 Å². The lowest BCUT2D eigenvalue weighted by Gasteiger charge is -2.37. The van der Waals surface area contributed by atoms with E-state index in [0.29, 0.717) is 18.4 Å². The molecule has 1 aliphatic carbocycles. The van der Waals surface area contributed by atoms with Gasteiger partial charge in [0.1, 0.15) is 6.04 Å². The van der Waals surface area contributed by atoms with Gasteiger partial charge in [-0.05, 0) is 31.1 Å². The van der Waals surface area contributed by atoms with Gasteiger partial charge in [-0.3, -0.25) is 9.69 Å². The van der Waals surface area contributed by atoms with E-state index in [-0.39, 0.29) is 12.1 Å². The van der Waals surface area contributed by atoms with Gasteiger partial charge in [-0.25, -0.2) is 0 Å². The summed E-state index contributed by atoms with van der Waals surface area (Å²) >= 11 is 0. The average molecular weight is 213 g/mol. The van der Waals surface area contributed by atoms with Gasteiger partial charge in [-0.2, -0.15) is 0 Å². The van der Waals surface area contributed by atoms with E-state index in [9.17, 15) is 15.0 Å². The van der Waals surface area contributed by atoms with Gasteiger partial charge >= 0.3 is 5.97 Å². The highest BCUT2D eigenvalue weighted by Gasteiger charge is 2.42. The first-order chi connectivity index (χ1) is 7.08. The highest BCUT2D eigenvalue weighted by atomic mass is 16.4. The first kappa shape index (κ1) is 10.9. The fourth-order valence-electron chi connectivity index (χ4n) is 2.65.